The standard InChI is InChI=1S/C18H33N/c1-2-3-4-5-6-7-8-9-10-11-12-13-14-15-16-17-18-19/h13-18H,2-12,19H2,1H3/b14-13+,16-15+,18-17+. The van der Waals surface area contributed by atoms with Gasteiger partial charge in [-0.15, -0.1) is 0 Å². The van der Waals surface area contributed by atoms with E-state index < -0.39 is 0 Å². The lowest BCUT2D eigenvalue weighted by Crippen LogP contribution is -1.81. The van der Waals surface area contributed by atoms with Gasteiger partial charge in [-0.1, -0.05) is 89.0 Å². The van der Waals surface area contributed by atoms with Crippen molar-refractivity contribution in [2.75, 3.05) is 0 Å². The van der Waals surface area contributed by atoms with Crippen LogP contribution in [-0.4, -0.2) is 0 Å². The van der Waals surface area contributed by atoms with Gasteiger partial charge < -0.3 is 5.73 Å². The molecule has 0 aliphatic carbocycles. The Morgan fingerprint density at radius 3 is 1.74 bits per heavy atom. The maximum atomic E-state index is 5.23. The Bertz CT molecular complexity index is 238. The summed E-state index contributed by atoms with van der Waals surface area (Å²) in [6.07, 6.45) is 27.0. The van der Waals surface area contributed by atoms with Crippen LogP contribution in [0.25, 0.3) is 0 Å². The first-order chi connectivity index (χ1) is 9.41. The predicted molar refractivity (Wildman–Crippen MR) is 88.1 cm³/mol. The van der Waals surface area contributed by atoms with Crippen LogP contribution in [-0.2, 0) is 0 Å². The zero-order valence-electron chi connectivity index (χ0n) is 12.8. The Balaban J connectivity index is 3.10. The molecule has 0 fully saturated rings. The number of hydrogen-bond donors (Lipinski definition) is 1. The molecule has 1 heteroatoms. The fraction of sp³-hybridized carbons (Fsp3) is 0.667. The van der Waals surface area contributed by atoms with Crippen LogP contribution in [0.4, 0.5) is 0 Å². The van der Waals surface area contributed by atoms with Crippen LogP contribution in [0.15, 0.2) is 36.6 Å². The minimum absolute atomic E-state index is 1.20. The second-order valence-corrected chi connectivity index (χ2v) is 5.17. The molecule has 0 atom stereocenters. The van der Waals surface area contributed by atoms with Crippen molar-refractivity contribution in [3.63, 3.8) is 0 Å². The van der Waals surface area contributed by atoms with Gasteiger partial charge in [-0.05, 0) is 25.1 Å². The first-order valence-electron chi connectivity index (χ1n) is 8.12. The summed E-state index contributed by atoms with van der Waals surface area (Å²) in [4.78, 5) is 0. The maximum Gasteiger partial charge on any atom is -0.00624 e. The van der Waals surface area contributed by atoms with Gasteiger partial charge in [0.05, 0.1) is 0 Å². The van der Waals surface area contributed by atoms with Crippen molar-refractivity contribution in [1.82, 2.24) is 0 Å². The van der Waals surface area contributed by atoms with Crippen molar-refractivity contribution < 1.29 is 0 Å². The molecule has 0 aliphatic heterocycles. The Morgan fingerprint density at radius 1 is 0.632 bits per heavy atom. The number of allylic oxidation sites excluding steroid dienone is 5. The smallest absolute Gasteiger partial charge is 0.00624 e. The quantitative estimate of drug-likeness (QED) is 0.326. The summed E-state index contributed by atoms with van der Waals surface area (Å²) in [5, 5.41) is 0. The van der Waals surface area contributed by atoms with Crippen molar-refractivity contribution in [1.29, 1.82) is 0 Å². The van der Waals surface area contributed by atoms with Gasteiger partial charge in [-0.2, -0.15) is 0 Å². The third-order valence-electron chi connectivity index (χ3n) is 3.30. The monoisotopic (exact) mass is 263 g/mol. The molecule has 0 unspecified atom stereocenters. The van der Waals surface area contributed by atoms with Gasteiger partial charge in [-0.3, -0.25) is 0 Å². The van der Waals surface area contributed by atoms with Crippen molar-refractivity contribution in [3.05, 3.63) is 36.6 Å². The molecular formula is C18H33N. The SMILES string of the molecule is CCCCCCCCCCCC/C=C/C=C/C=C/N. The average Bonchev–Trinajstić information content (AvgIpc) is 2.43. The van der Waals surface area contributed by atoms with E-state index in [-0.39, 0.29) is 0 Å². The lowest BCUT2D eigenvalue weighted by atomic mass is 10.1. The minimum atomic E-state index is 1.20. The van der Waals surface area contributed by atoms with Crippen LogP contribution < -0.4 is 5.73 Å². The normalized spacial score (nSPS) is 12.3. The molecule has 0 aromatic heterocycles. The van der Waals surface area contributed by atoms with E-state index in [0.717, 1.165) is 0 Å². The van der Waals surface area contributed by atoms with Crippen molar-refractivity contribution in [2.24, 2.45) is 5.73 Å². The summed E-state index contributed by atoms with van der Waals surface area (Å²) >= 11 is 0. The lowest BCUT2D eigenvalue weighted by molar-refractivity contribution is 0.557. The lowest BCUT2D eigenvalue weighted by Gasteiger charge is -2.01. The second-order valence-electron chi connectivity index (χ2n) is 5.17. The zero-order chi connectivity index (χ0) is 14.0. The van der Waals surface area contributed by atoms with Gasteiger partial charge in [0.2, 0.25) is 0 Å². The van der Waals surface area contributed by atoms with Crippen molar-refractivity contribution in [2.45, 2.75) is 77.6 Å². The molecule has 0 radical (unpaired) electrons. The minimum Gasteiger partial charge on any atom is -0.405 e. The van der Waals surface area contributed by atoms with Crippen LogP contribution >= 0.6 is 0 Å². The first kappa shape index (κ1) is 18.0. The van der Waals surface area contributed by atoms with E-state index in [4.69, 9.17) is 5.73 Å². The Kier molecular flexibility index (Phi) is 16.1. The summed E-state index contributed by atoms with van der Waals surface area (Å²) in [6, 6.07) is 0. The average molecular weight is 263 g/mol. The van der Waals surface area contributed by atoms with E-state index in [0.29, 0.717) is 0 Å². The van der Waals surface area contributed by atoms with E-state index in [2.05, 4.69) is 19.1 Å². The van der Waals surface area contributed by atoms with E-state index in [9.17, 15) is 0 Å². The van der Waals surface area contributed by atoms with Crippen LogP contribution in [0, 0.1) is 0 Å². The summed E-state index contributed by atoms with van der Waals surface area (Å²) in [5.41, 5.74) is 5.23. The summed E-state index contributed by atoms with van der Waals surface area (Å²) in [5.74, 6) is 0. The number of hydrogen-bond acceptors (Lipinski definition) is 1. The first-order valence-corrected chi connectivity index (χ1v) is 8.12. The van der Waals surface area contributed by atoms with Crippen molar-refractivity contribution in [3.8, 4) is 0 Å². The van der Waals surface area contributed by atoms with Gasteiger partial charge in [0, 0.05) is 0 Å². The van der Waals surface area contributed by atoms with E-state index >= 15 is 0 Å². The Morgan fingerprint density at radius 2 is 1.16 bits per heavy atom. The van der Waals surface area contributed by atoms with E-state index in [1.807, 2.05) is 18.2 Å². The van der Waals surface area contributed by atoms with Gasteiger partial charge in [0.1, 0.15) is 0 Å². The third-order valence-corrected chi connectivity index (χ3v) is 3.30. The van der Waals surface area contributed by atoms with E-state index in [1.54, 1.807) is 6.20 Å². The zero-order valence-corrected chi connectivity index (χ0v) is 12.8. The van der Waals surface area contributed by atoms with Gasteiger partial charge in [-0.25, -0.2) is 0 Å². The molecule has 0 aromatic rings. The number of unbranched alkanes of at least 4 members (excludes halogenated alkanes) is 10. The summed E-state index contributed by atoms with van der Waals surface area (Å²) in [7, 11) is 0. The molecule has 0 saturated heterocycles. The molecule has 0 aromatic carbocycles. The molecule has 19 heavy (non-hydrogen) atoms. The van der Waals surface area contributed by atoms with Crippen LogP contribution in [0.5, 0.6) is 0 Å². The molecular weight excluding hydrogens is 230 g/mol. The van der Waals surface area contributed by atoms with Gasteiger partial charge in [0.25, 0.3) is 0 Å². The highest BCUT2D eigenvalue weighted by atomic mass is 14.5. The fourth-order valence-corrected chi connectivity index (χ4v) is 2.12. The second kappa shape index (κ2) is 17.0. The Labute approximate surface area is 120 Å². The molecule has 0 aliphatic rings. The van der Waals surface area contributed by atoms with E-state index in [1.165, 1.54) is 70.6 Å². The topological polar surface area (TPSA) is 26.0 Å². The third kappa shape index (κ3) is 17.0. The van der Waals surface area contributed by atoms with Crippen LogP contribution in [0.3, 0.4) is 0 Å². The number of rotatable bonds is 13. The highest BCUT2D eigenvalue weighted by Gasteiger charge is 1.91. The molecule has 0 bridgehead atoms. The molecule has 110 valence electrons. The summed E-state index contributed by atoms with van der Waals surface area (Å²) in [6.45, 7) is 2.28. The number of nitrogens with two attached hydrogens (primary N) is 1. The molecule has 0 spiro atoms. The predicted octanol–water partition coefficient (Wildman–Crippen LogP) is 5.88. The molecule has 2 N–H and O–H groups in total. The van der Waals surface area contributed by atoms with Crippen molar-refractivity contribution >= 4 is 0 Å². The van der Waals surface area contributed by atoms with Crippen LogP contribution in [0.2, 0.25) is 0 Å². The Hall–Kier alpha value is -0.980. The van der Waals surface area contributed by atoms with Gasteiger partial charge in [0.15, 0.2) is 0 Å². The van der Waals surface area contributed by atoms with Crippen LogP contribution in [0.1, 0.15) is 77.6 Å². The maximum absolute atomic E-state index is 5.23. The summed E-state index contributed by atoms with van der Waals surface area (Å²) < 4.78 is 0. The molecule has 0 rings (SSSR count). The highest BCUT2D eigenvalue weighted by molar-refractivity contribution is 5.10. The largest absolute Gasteiger partial charge is 0.405 e. The molecule has 0 saturated carbocycles. The molecule has 1 nitrogen and oxygen atoms in total. The molecule has 0 heterocycles. The fourth-order valence-electron chi connectivity index (χ4n) is 2.12. The highest BCUT2D eigenvalue weighted by Crippen LogP contribution is 2.11. The van der Waals surface area contributed by atoms with Gasteiger partial charge >= 0.3 is 0 Å². The molecule has 0 amide bonds.